The molecule has 4 heteroatoms. The zero-order valence-corrected chi connectivity index (χ0v) is 12.8. The van der Waals surface area contributed by atoms with Gasteiger partial charge in [-0.1, -0.05) is 18.2 Å². The smallest absolute Gasteiger partial charge is 0.282 e. The highest BCUT2D eigenvalue weighted by Gasteiger charge is 2.48. The van der Waals surface area contributed by atoms with Gasteiger partial charge in [-0.05, 0) is 42.2 Å². The number of aromatic nitrogens is 1. The van der Waals surface area contributed by atoms with Gasteiger partial charge in [0.1, 0.15) is 11.6 Å². The van der Waals surface area contributed by atoms with Crippen LogP contribution in [0.5, 0.6) is 0 Å². The minimum Gasteiger partial charge on any atom is -0.460 e. The Labute approximate surface area is 130 Å². The van der Waals surface area contributed by atoms with Crippen molar-refractivity contribution in [1.82, 2.24) is 4.98 Å². The van der Waals surface area contributed by atoms with Gasteiger partial charge in [0, 0.05) is 30.8 Å². The van der Waals surface area contributed by atoms with Gasteiger partial charge >= 0.3 is 0 Å². The number of hydrogen-bond acceptors (Lipinski definition) is 4. The van der Waals surface area contributed by atoms with Gasteiger partial charge in [-0.2, -0.15) is 0 Å². The number of nitrogens with two attached hydrogens (primary N) is 1. The first kappa shape index (κ1) is 13.3. The summed E-state index contributed by atoms with van der Waals surface area (Å²) in [5.41, 5.74) is 12.0. The number of pyridine rings is 1. The van der Waals surface area contributed by atoms with Crippen LogP contribution >= 0.6 is 0 Å². The predicted molar refractivity (Wildman–Crippen MR) is 86.7 cm³/mol. The van der Waals surface area contributed by atoms with Crippen molar-refractivity contribution in [2.24, 2.45) is 10.7 Å². The van der Waals surface area contributed by atoms with Crippen LogP contribution in [0.1, 0.15) is 23.6 Å². The zero-order chi connectivity index (χ0) is 15.3. The van der Waals surface area contributed by atoms with Gasteiger partial charge in [0.05, 0.1) is 0 Å². The summed E-state index contributed by atoms with van der Waals surface area (Å²) in [5.74, 6) is 0. The van der Waals surface area contributed by atoms with Crippen molar-refractivity contribution < 1.29 is 4.74 Å². The van der Waals surface area contributed by atoms with Gasteiger partial charge in [-0.15, -0.1) is 0 Å². The van der Waals surface area contributed by atoms with E-state index in [1.807, 2.05) is 12.4 Å². The largest absolute Gasteiger partial charge is 0.460 e. The number of benzene rings is 1. The molecular formula is C18H19N3O. The van der Waals surface area contributed by atoms with Crippen molar-refractivity contribution in [2.75, 3.05) is 0 Å². The van der Waals surface area contributed by atoms with Crippen LogP contribution in [0.3, 0.4) is 0 Å². The third-order valence-corrected chi connectivity index (χ3v) is 4.97. The Morgan fingerprint density at radius 1 is 1.23 bits per heavy atom. The molecule has 2 heterocycles. The topological polar surface area (TPSA) is 60.5 Å². The molecule has 0 saturated carbocycles. The molecule has 2 N–H and O–H groups in total. The van der Waals surface area contributed by atoms with Gasteiger partial charge < -0.3 is 10.5 Å². The van der Waals surface area contributed by atoms with Crippen LogP contribution in [-0.2, 0) is 17.6 Å². The lowest BCUT2D eigenvalue weighted by molar-refractivity contribution is 0.157. The molecule has 2 atom stereocenters. The SMILES string of the molecule is Cc1ccncc1-c1cccc2c1C[C@@]1(C2)N=C(N)O[C@@H]1C. The predicted octanol–water partition coefficient (Wildman–Crippen LogP) is 2.63. The number of nitrogens with zero attached hydrogens (tertiary/aromatic N) is 2. The van der Waals surface area contributed by atoms with E-state index in [4.69, 9.17) is 10.5 Å². The average Bonchev–Trinajstić information content (AvgIpc) is 2.99. The van der Waals surface area contributed by atoms with E-state index >= 15 is 0 Å². The molecule has 1 aliphatic heterocycles. The maximum Gasteiger partial charge on any atom is 0.282 e. The number of rotatable bonds is 1. The minimum atomic E-state index is -0.237. The molecule has 1 aliphatic carbocycles. The van der Waals surface area contributed by atoms with Gasteiger partial charge in [0.25, 0.3) is 6.02 Å². The second-order valence-corrected chi connectivity index (χ2v) is 6.30. The molecule has 1 spiro atoms. The fourth-order valence-electron chi connectivity index (χ4n) is 3.70. The second kappa shape index (κ2) is 4.57. The second-order valence-electron chi connectivity index (χ2n) is 6.30. The highest BCUT2D eigenvalue weighted by Crippen LogP contribution is 2.43. The van der Waals surface area contributed by atoms with Crippen molar-refractivity contribution in [3.8, 4) is 11.1 Å². The van der Waals surface area contributed by atoms with Crippen LogP contribution in [0.4, 0.5) is 0 Å². The van der Waals surface area contributed by atoms with E-state index in [0.29, 0.717) is 6.02 Å². The molecule has 0 amide bonds. The van der Waals surface area contributed by atoms with Gasteiger partial charge in [-0.3, -0.25) is 4.98 Å². The molecule has 0 saturated heterocycles. The van der Waals surface area contributed by atoms with Crippen molar-refractivity contribution in [3.05, 3.63) is 53.3 Å². The number of amidine groups is 1. The summed E-state index contributed by atoms with van der Waals surface area (Å²) in [5, 5.41) is 0. The van der Waals surface area contributed by atoms with Crippen LogP contribution in [0.25, 0.3) is 11.1 Å². The molecule has 112 valence electrons. The van der Waals surface area contributed by atoms with Crippen LogP contribution in [0, 0.1) is 6.92 Å². The number of aryl methyl sites for hydroxylation is 1. The van der Waals surface area contributed by atoms with E-state index in [-0.39, 0.29) is 11.6 Å². The highest BCUT2D eigenvalue weighted by molar-refractivity contribution is 5.76. The first-order valence-corrected chi connectivity index (χ1v) is 7.63. The molecule has 2 aliphatic rings. The maximum absolute atomic E-state index is 5.81. The van der Waals surface area contributed by atoms with Crippen molar-refractivity contribution >= 4 is 6.02 Å². The first-order chi connectivity index (χ1) is 10.6. The van der Waals surface area contributed by atoms with Gasteiger partial charge in [-0.25, -0.2) is 4.99 Å². The Kier molecular flexibility index (Phi) is 2.76. The number of ether oxygens (including phenoxy) is 1. The van der Waals surface area contributed by atoms with E-state index in [1.54, 1.807) is 0 Å². The quantitative estimate of drug-likeness (QED) is 0.879. The monoisotopic (exact) mass is 293 g/mol. The molecule has 1 aromatic carbocycles. The van der Waals surface area contributed by atoms with E-state index in [0.717, 1.165) is 12.8 Å². The molecule has 4 rings (SSSR count). The molecule has 2 aromatic rings. The summed E-state index contributed by atoms with van der Waals surface area (Å²) < 4.78 is 5.61. The van der Waals surface area contributed by atoms with Crippen LogP contribution < -0.4 is 5.73 Å². The Morgan fingerprint density at radius 2 is 2.09 bits per heavy atom. The summed E-state index contributed by atoms with van der Waals surface area (Å²) in [7, 11) is 0. The lowest BCUT2D eigenvalue weighted by Gasteiger charge is -2.23. The summed E-state index contributed by atoms with van der Waals surface area (Å²) in [6.07, 6.45) is 5.55. The maximum atomic E-state index is 5.81. The first-order valence-electron chi connectivity index (χ1n) is 7.63. The third kappa shape index (κ3) is 1.83. The molecule has 0 fully saturated rings. The Bertz CT molecular complexity index is 784. The summed E-state index contributed by atoms with van der Waals surface area (Å²) >= 11 is 0. The molecule has 4 nitrogen and oxygen atoms in total. The lowest BCUT2D eigenvalue weighted by atomic mass is 9.90. The van der Waals surface area contributed by atoms with Gasteiger partial charge in [0.2, 0.25) is 0 Å². The molecule has 0 radical (unpaired) electrons. The van der Waals surface area contributed by atoms with Crippen LogP contribution in [-0.4, -0.2) is 22.6 Å². The average molecular weight is 293 g/mol. The van der Waals surface area contributed by atoms with Crippen LogP contribution in [0.2, 0.25) is 0 Å². The standard InChI is InChI=1S/C18H19N3O/c1-11-6-7-20-10-16(11)14-5-3-4-13-8-18(9-15(13)14)12(2)22-17(19)21-18/h3-7,10,12H,8-9H2,1-2H3,(H2,19,21)/t12-,18-/m1/s1. The van der Waals surface area contributed by atoms with Crippen molar-refractivity contribution in [1.29, 1.82) is 0 Å². The molecule has 22 heavy (non-hydrogen) atoms. The van der Waals surface area contributed by atoms with E-state index < -0.39 is 0 Å². The summed E-state index contributed by atoms with van der Waals surface area (Å²) in [6.45, 7) is 4.18. The van der Waals surface area contributed by atoms with E-state index in [1.165, 1.54) is 27.8 Å². The Morgan fingerprint density at radius 3 is 2.82 bits per heavy atom. The van der Waals surface area contributed by atoms with Crippen LogP contribution in [0.15, 0.2) is 41.7 Å². The molecular weight excluding hydrogens is 274 g/mol. The zero-order valence-electron chi connectivity index (χ0n) is 12.8. The fourth-order valence-corrected chi connectivity index (χ4v) is 3.70. The normalized spacial score (nSPS) is 25.9. The molecule has 0 bridgehead atoms. The number of aliphatic imine (C=N–C) groups is 1. The third-order valence-electron chi connectivity index (χ3n) is 4.97. The Balaban J connectivity index is 1.83. The summed E-state index contributed by atoms with van der Waals surface area (Å²) in [6, 6.07) is 8.86. The number of hydrogen-bond donors (Lipinski definition) is 1. The molecule has 0 unspecified atom stereocenters. The number of fused-ring (bicyclic) bond motifs is 1. The van der Waals surface area contributed by atoms with Gasteiger partial charge in [0.15, 0.2) is 0 Å². The van der Waals surface area contributed by atoms with Crippen molar-refractivity contribution in [3.63, 3.8) is 0 Å². The minimum absolute atomic E-state index is 0.0164. The lowest BCUT2D eigenvalue weighted by Crippen LogP contribution is -2.36. The molecule has 1 aromatic heterocycles. The van der Waals surface area contributed by atoms with Crippen molar-refractivity contribution in [2.45, 2.75) is 38.3 Å². The van der Waals surface area contributed by atoms with E-state index in [9.17, 15) is 0 Å². The Hall–Kier alpha value is -2.36. The summed E-state index contributed by atoms with van der Waals surface area (Å²) in [4.78, 5) is 8.92. The fraction of sp³-hybridized carbons (Fsp3) is 0.333. The highest BCUT2D eigenvalue weighted by atomic mass is 16.5. The van der Waals surface area contributed by atoms with E-state index in [2.05, 4.69) is 48.1 Å².